The van der Waals surface area contributed by atoms with E-state index in [1.54, 1.807) is 18.2 Å². The molecule has 4 rings (SSSR count). The third-order valence-electron chi connectivity index (χ3n) is 6.86. The van der Waals surface area contributed by atoms with Crippen LogP contribution in [0.2, 0.25) is 10.0 Å². The Kier molecular flexibility index (Phi) is 11.0. The van der Waals surface area contributed by atoms with E-state index in [1.165, 1.54) is 6.08 Å². The Morgan fingerprint density at radius 3 is 2.48 bits per heavy atom. The lowest BCUT2D eigenvalue weighted by molar-refractivity contribution is -0.116. The van der Waals surface area contributed by atoms with E-state index in [0.29, 0.717) is 46.8 Å². The first-order chi connectivity index (χ1) is 19.4. The minimum absolute atomic E-state index is 0.122. The lowest BCUT2D eigenvalue weighted by Gasteiger charge is -2.34. The second-order valence-electron chi connectivity index (χ2n) is 9.81. The number of halogens is 2. The van der Waals surface area contributed by atoms with Crippen LogP contribution >= 0.6 is 23.2 Å². The van der Waals surface area contributed by atoms with Gasteiger partial charge in [0.25, 0.3) is 0 Å². The highest BCUT2D eigenvalue weighted by molar-refractivity contribution is 6.42. The van der Waals surface area contributed by atoms with Crippen LogP contribution in [0.4, 0.5) is 10.5 Å². The summed E-state index contributed by atoms with van der Waals surface area (Å²) in [7, 11) is 0. The number of anilines is 1. The highest BCUT2D eigenvalue weighted by Gasteiger charge is 2.24. The Hall–Kier alpha value is -3.33. The van der Waals surface area contributed by atoms with Gasteiger partial charge in [0.1, 0.15) is 11.4 Å². The van der Waals surface area contributed by atoms with Crippen molar-refractivity contribution in [2.45, 2.75) is 32.6 Å². The number of urea groups is 1. The number of hydrogen-bond donors (Lipinski definition) is 2. The second-order valence-corrected chi connectivity index (χ2v) is 10.6. The largest absolute Gasteiger partial charge is 0.354 e. The van der Waals surface area contributed by atoms with Crippen LogP contribution in [0.15, 0.2) is 59.1 Å². The van der Waals surface area contributed by atoms with E-state index < -0.39 is 0 Å². The summed E-state index contributed by atoms with van der Waals surface area (Å²) in [4.78, 5) is 29.2. The molecule has 0 saturated carbocycles. The van der Waals surface area contributed by atoms with Crippen LogP contribution in [0.5, 0.6) is 0 Å². The van der Waals surface area contributed by atoms with E-state index in [9.17, 15) is 9.59 Å². The van der Waals surface area contributed by atoms with Gasteiger partial charge in [0.05, 0.1) is 10.0 Å². The van der Waals surface area contributed by atoms with E-state index in [0.717, 1.165) is 56.4 Å². The lowest BCUT2D eigenvalue weighted by Crippen LogP contribution is -2.50. The summed E-state index contributed by atoms with van der Waals surface area (Å²) >= 11 is 11.9. The zero-order chi connectivity index (χ0) is 28.3. The first-order valence-corrected chi connectivity index (χ1v) is 14.4. The summed E-state index contributed by atoms with van der Waals surface area (Å²) in [5.74, 6) is 0.452. The van der Waals surface area contributed by atoms with Crippen LogP contribution in [-0.2, 0) is 4.79 Å². The molecule has 0 bridgehead atoms. The van der Waals surface area contributed by atoms with Gasteiger partial charge >= 0.3 is 6.03 Å². The first-order valence-electron chi connectivity index (χ1n) is 13.6. The number of benzene rings is 2. The van der Waals surface area contributed by atoms with Crippen molar-refractivity contribution in [1.29, 1.82) is 0 Å². The Labute approximate surface area is 245 Å². The average Bonchev–Trinajstić information content (AvgIpc) is 3.33. The number of nitrogens with one attached hydrogen (secondary N) is 2. The maximum absolute atomic E-state index is 12.9. The summed E-state index contributed by atoms with van der Waals surface area (Å²) in [5.41, 5.74) is 2.98. The fourth-order valence-electron chi connectivity index (χ4n) is 4.54. The van der Waals surface area contributed by atoms with Crippen LogP contribution in [-0.4, -0.2) is 66.2 Å². The molecular formula is C30H35Cl2N5O3. The van der Waals surface area contributed by atoms with Crippen LogP contribution in [0.25, 0.3) is 17.4 Å². The summed E-state index contributed by atoms with van der Waals surface area (Å²) in [6.07, 6.45) is 7.42. The molecule has 40 heavy (non-hydrogen) atoms. The molecule has 0 spiro atoms. The predicted octanol–water partition coefficient (Wildman–Crippen LogP) is 6.50. The molecule has 3 aromatic rings. The highest BCUT2D eigenvalue weighted by atomic mass is 35.5. The number of unbranched alkanes of at least 4 members (excludes halogenated alkanes) is 3. The molecule has 1 aliphatic heterocycles. The molecule has 10 heteroatoms. The van der Waals surface area contributed by atoms with E-state index in [2.05, 4.69) is 20.7 Å². The van der Waals surface area contributed by atoms with Crippen molar-refractivity contribution in [2.75, 3.05) is 44.6 Å². The molecule has 0 atom stereocenters. The van der Waals surface area contributed by atoms with Gasteiger partial charge in [-0.15, -0.1) is 0 Å². The number of rotatable bonds is 11. The Morgan fingerprint density at radius 1 is 0.975 bits per heavy atom. The molecule has 1 aromatic heterocycles. The lowest BCUT2D eigenvalue weighted by atomic mass is 10.1. The normalized spacial score (nSPS) is 14.0. The van der Waals surface area contributed by atoms with Gasteiger partial charge in [-0.1, -0.05) is 77.6 Å². The van der Waals surface area contributed by atoms with Crippen molar-refractivity contribution in [3.63, 3.8) is 0 Å². The molecule has 0 unspecified atom stereocenters. The quantitative estimate of drug-likeness (QED) is 0.199. The molecular weight excluding hydrogens is 549 g/mol. The molecule has 0 aliphatic carbocycles. The highest BCUT2D eigenvalue weighted by Crippen LogP contribution is 2.31. The van der Waals surface area contributed by atoms with Crippen molar-refractivity contribution in [3.8, 4) is 11.3 Å². The third-order valence-corrected chi connectivity index (χ3v) is 7.60. The van der Waals surface area contributed by atoms with Crippen LogP contribution in [0.3, 0.4) is 0 Å². The van der Waals surface area contributed by atoms with Gasteiger partial charge in [-0.05, 0) is 50.1 Å². The zero-order valence-electron chi connectivity index (χ0n) is 22.7. The standard InChI is InChI=1S/C30H35Cl2N5O3/c1-22-28(29(40-35-22)24-9-5-4-6-10-24)34-30(39)37-19-17-36(18-20-37)16-8-3-2-7-15-33-27(38)14-12-23-11-13-25(31)26(32)21-23/h4-6,9-14,21H,2-3,7-8,15-20H2,1H3,(H,33,38)(H,34,39)/b14-12+. The minimum Gasteiger partial charge on any atom is -0.354 e. The number of amides is 3. The number of aryl methyl sites for hydroxylation is 1. The average molecular weight is 585 g/mol. The number of piperazine rings is 1. The maximum Gasteiger partial charge on any atom is 0.322 e. The topological polar surface area (TPSA) is 90.7 Å². The fourth-order valence-corrected chi connectivity index (χ4v) is 4.84. The van der Waals surface area contributed by atoms with Crippen LogP contribution in [0, 0.1) is 6.92 Å². The minimum atomic E-state index is -0.128. The van der Waals surface area contributed by atoms with Gasteiger partial charge in [-0.25, -0.2) is 4.79 Å². The van der Waals surface area contributed by atoms with Gasteiger partial charge < -0.3 is 20.1 Å². The molecule has 2 aromatic carbocycles. The zero-order valence-corrected chi connectivity index (χ0v) is 24.2. The van der Waals surface area contributed by atoms with Gasteiger partial charge in [0.15, 0.2) is 5.76 Å². The monoisotopic (exact) mass is 583 g/mol. The van der Waals surface area contributed by atoms with Crippen LogP contribution < -0.4 is 10.6 Å². The Morgan fingerprint density at radius 2 is 1.73 bits per heavy atom. The Balaban J connectivity index is 1.08. The van der Waals surface area contributed by atoms with Gasteiger partial charge in [-0.2, -0.15) is 0 Å². The van der Waals surface area contributed by atoms with Gasteiger partial charge in [0.2, 0.25) is 5.91 Å². The molecule has 1 aliphatic rings. The maximum atomic E-state index is 12.9. The molecule has 0 radical (unpaired) electrons. The molecule has 2 N–H and O–H groups in total. The second kappa shape index (κ2) is 14.9. The van der Waals surface area contributed by atoms with E-state index in [-0.39, 0.29) is 11.9 Å². The predicted molar refractivity (Wildman–Crippen MR) is 161 cm³/mol. The van der Waals surface area contributed by atoms with E-state index >= 15 is 0 Å². The number of carbonyl (C=O) groups is 2. The SMILES string of the molecule is Cc1noc(-c2ccccc2)c1NC(=O)N1CCN(CCCCCCNC(=O)/C=C/c2ccc(Cl)c(Cl)c2)CC1. The van der Waals surface area contributed by atoms with Gasteiger partial charge in [-0.3, -0.25) is 9.69 Å². The van der Waals surface area contributed by atoms with Gasteiger partial charge in [0, 0.05) is 44.4 Å². The molecule has 1 fully saturated rings. The summed E-state index contributed by atoms with van der Waals surface area (Å²) in [6, 6.07) is 14.8. The molecule has 2 heterocycles. The van der Waals surface area contributed by atoms with Crippen molar-refractivity contribution < 1.29 is 14.1 Å². The third kappa shape index (κ3) is 8.58. The number of aromatic nitrogens is 1. The molecule has 1 saturated heterocycles. The summed E-state index contributed by atoms with van der Waals surface area (Å²) in [5, 5.41) is 10.9. The van der Waals surface area contributed by atoms with Crippen LogP contribution in [0.1, 0.15) is 36.9 Å². The fraction of sp³-hybridized carbons (Fsp3) is 0.367. The van der Waals surface area contributed by atoms with Crippen molar-refractivity contribution >= 4 is 46.9 Å². The molecule has 3 amide bonds. The number of carbonyl (C=O) groups excluding carboxylic acids is 2. The summed E-state index contributed by atoms with van der Waals surface area (Å²) < 4.78 is 5.49. The van der Waals surface area contributed by atoms with Crippen molar-refractivity contribution in [2.24, 2.45) is 0 Å². The molecule has 212 valence electrons. The molecule has 8 nitrogen and oxygen atoms in total. The van der Waals surface area contributed by atoms with Crippen molar-refractivity contribution in [3.05, 3.63) is 75.9 Å². The van der Waals surface area contributed by atoms with E-state index in [4.69, 9.17) is 27.7 Å². The number of hydrogen-bond acceptors (Lipinski definition) is 5. The van der Waals surface area contributed by atoms with Crippen molar-refractivity contribution in [1.82, 2.24) is 20.3 Å². The Bertz CT molecular complexity index is 1300. The smallest absolute Gasteiger partial charge is 0.322 e. The first kappa shape index (κ1) is 29.6. The van der Waals surface area contributed by atoms with E-state index in [1.807, 2.05) is 48.2 Å². The summed E-state index contributed by atoms with van der Waals surface area (Å²) in [6.45, 7) is 6.55. The number of nitrogens with zero attached hydrogens (tertiary/aromatic N) is 3.